The molecule has 694 valence electrons. The molecule has 0 aliphatic rings. The summed E-state index contributed by atoms with van der Waals surface area (Å²) in [6.45, 7) is 8.96. The van der Waals surface area contributed by atoms with Crippen molar-refractivity contribution in [2.24, 2.45) is 46.2 Å². The summed E-state index contributed by atoms with van der Waals surface area (Å²) in [5.74, 6) is -23.7. The molecule has 0 unspecified atom stereocenters. The van der Waals surface area contributed by atoms with E-state index in [1.54, 1.807) is 45.0 Å². The van der Waals surface area contributed by atoms with Gasteiger partial charge in [-0.1, -0.05) is 52.3 Å². The number of imidazole rings is 1. The number of aromatic nitrogens is 3. The van der Waals surface area contributed by atoms with Gasteiger partial charge in [-0.25, -0.2) is 9.78 Å². The van der Waals surface area contributed by atoms with Crippen molar-refractivity contribution in [1.29, 1.82) is 10.8 Å². The Labute approximate surface area is 724 Å². The second-order valence-corrected chi connectivity index (χ2v) is 30.5. The molecule has 36 N–H and O–H groups in total. The van der Waals surface area contributed by atoms with Crippen molar-refractivity contribution in [3.05, 3.63) is 54.2 Å². The molecule has 0 aliphatic carbocycles. The first-order chi connectivity index (χ1) is 58.8. The number of benzene rings is 1. The van der Waals surface area contributed by atoms with Gasteiger partial charge in [-0.3, -0.25) is 92.3 Å². The number of nitrogens with one attached hydrogen (secondary N) is 20. The number of nitrogens with two attached hydrogens (primary N) is 6. The molecule has 49 nitrogen and oxygen atoms in total. The average molecular weight is 1790 g/mol. The highest BCUT2D eigenvalue weighted by atomic mass is 32.1. The number of carboxylic acid groups (broad SMARTS) is 2. The van der Waals surface area contributed by atoms with Gasteiger partial charge in [0.1, 0.15) is 84.6 Å². The minimum atomic E-state index is -2.19. The van der Waals surface area contributed by atoms with Crippen molar-refractivity contribution in [2.75, 3.05) is 32.0 Å². The Balaban J connectivity index is 1.95. The number of nitrogens with zero attached hydrogens (tertiary/aromatic N) is 1. The number of amides is 16. The van der Waals surface area contributed by atoms with Gasteiger partial charge < -0.3 is 150 Å². The number of aromatic amines is 2. The number of primary amides is 2. The minimum absolute atomic E-state index is 0.0301. The molecule has 16 amide bonds. The van der Waals surface area contributed by atoms with Gasteiger partial charge in [-0.05, 0) is 102 Å². The minimum Gasteiger partial charge on any atom is -0.481 e. The van der Waals surface area contributed by atoms with E-state index in [0.29, 0.717) is 22.2 Å². The van der Waals surface area contributed by atoms with Gasteiger partial charge in [0.2, 0.25) is 94.5 Å². The number of para-hydroxylation sites is 1. The topological polar surface area (TPSA) is 829 Å². The number of carboxylic acids is 2. The molecular weight excluding hydrogens is 1660 g/mol. The highest BCUT2D eigenvalue weighted by Crippen LogP contribution is 2.21. The molecule has 0 aliphatic heterocycles. The maximum Gasteiger partial charge on any atom is 0.326 e. The second kappa shape index (κ2) is 53.9. The number of aliphatic carboxylic acids is 2. The summed E-state index contributed by atoms with van der Waals surface area (Å²) in [6, 6.07) is -18.5. The summed E-state index contributed by atoms with van der Waals surface area (Å²) in [7, 11) is 0. The Kier molecular flexibility index (Phi) is 45.9. The first-order valence-corrected chi connectivity index (χ1v) is 40.8. The summed E-state index contributed by atoms with van der Waals surface area (Å²) in [5.41, 5.74) is 34.7. The zero-order chi connectivity index (χ0) is 94.1. The van der Waals surface area contributed by atoms with Crippen LogP contribution in [0.4, 0.5) is 0 Å². The molecule has 2 aromatic heterocycles. The number of unbranched alkanes of at least 4 members (excludes halogenated alkanes) is 1. The number of carbonyl (C=O) groups is 18. The zero-order valence-corrected chi connectivity index (χ0v) is 71.3. The molecule has 125 heavy (non-hydrogen) atoms. The summed E-state index contributed by atoms with van der Waals surface area (Å²) in [6.07, 6.45) is -1.44. The van der Waals surface area contributed by atoms with E-state index < -0.39 is 253 Å². The second-order valence-electron chi connectivity index (χ2n) is 30.1. The SMILES string of the molecule is CC[C@H](C)[C@H](NC(=O)[C@H](CC(N)=O)NC(=O)[C@H](CS)NC(=O)[C@H](Cc1c[nH]cn1)NC(=O)[C@H](C)N)C(=O)N[C@@H](CO)C(=O)N[C@@H](CCCNC(=N)N)C(=O)N[C@@H](C)C(=O)N[C@@H](CCCCN)C(=O)N[C@@H](Cc1c[nH]c2ccccc12)C(=O)N[C@@H](CC(N)=O)C(=O)N[C@@H](CC(=O)O)C(=O)N[C@H](C(=O)N[C@@H](CC(C)C)C(=O)N[C@@H](CCCNC(=N)N)C(=O)O)[C@@H](C)O. The zero-order valence-electron chi connectivity index (χ0n) is 70.4. The van der Waals surface area contributed by atoms with Gasteiger partial charge in [0, 0.05) is 55.0 Å². The van der Waals surface area contributed by atoms with Gasteiger partial charge in [-0.2, -0.15) is 12.6 Å². The predicted molar refractivity (Wildman–Crippen MR) is 451 cm³/mol. The fraction of sp³-hybridized carbons (Fsp3) is 0.587. The number of hydrogen-bond donors (Lipinski definition) is 31. The lowest BCUT2D eigenvalue weighted by Gasteiger charge is -2.29. The van der Waals surface area contributed by atoms with Crippen molar-refractivity contribution in [3.8, 4) is 0 Å². The first kappa shape index (κ1) is 106. The Morgan fingerprint density at radius 3 is 1.40 bits per heavy atom. The highest BCUT2D eigenvalue weighted by molar-refractivity contribution is 7.80. The van der Waals surface area contributed by atoms with E-state index in [9.17, 15) is 107 Å². The molecular formula is C75H121N27O22S. The van der Waals surface area contributed by atoms with Crippen molar-refractivity contribution in [3.63, 3.8) is 0 Å². The van der Waals surface area contributed by atoms with E-state index in [1.165, 1.54) is 39.5 Å². The third-order valence-electron chi connectivity index (χ3n) is 19.2. The smallest absolute Gasteiger partial charge is 0.326 e. The molecule has 0 saturated heterocycles. The molecule has 50 heteroatoms. The fourth-order valence-electron chi connectivity index (χ4n) is 12.2. The maximum absolute atomic E-state index is 14.8. The molecule has 0 saturated carbocycles. The molecule has 0 radical (unpaired) electrons. The van der Waals surface area contributed by atoms with Crippen LogP contribution in [0, 0.1) is 22.7 Å². The van der Waals surface area contributed by atoms with Gasteiger partial charge in [-0.15, -0.1) is 0 Å². The van der Waals surface area contributed by atoms with Crippen LogP contribution in [-0.4, -0.2) is 282 Å². The normalized spacial score (nSPS) is 15.2. The van der Waals surface area contributed by atoms with Crippen LogP contribution in [0.5, 0.6) is 0 Å². The van der Waals surface area contributed by atoms with E-state index in [-0.39, 0.29) is 95.7 Å². The molecule has 1 aromatic carbocycles. The van der Waals surface area contributed by atoms with Crippen molar-refractivity contribution >= 4 is 142 Å². The van der Waals surface area contributed by atoms with E-state index in [0.717, 1.165) is 6.92 Å². The van der Waals surface area contributed by atoms with Gasteiger partial charge in [0.05, 0.1) is 50.0 Å². The Morgan fingerprint density at radius 1 is 0.480 bits per heavy atom. The Bertz CT molecular complexity index is 4230. The Hall–Kier alpha value is -12.8. The molecule has 0 bridgehead atoms. The lowest BCUT2D eigenvalue weighted by atomic mass is 9.97. The van der Waals surface area contributed by atoms with Crippen molar-refractivity contribution < 1.29 is 107 Å². The number of carbonyl (C=O) groups excluding carboxylic acids is 16. The number of guanidine groups is 2. The van der Waals surface area contributed by atoms with Crippen LogP contribution in [0.2, 0.25) is 0 Å². The van der Waals surface area contributed by atoms with Gasteiger partial charge in [0.25, 0.3) is 0 Å². The monoisotopic (exact) mass is 1780 g/mol. The summed E-state index contributed by atoms with van der Waals surface area (Å²) in [4.78, 5) is 256. The van der Waals surface area contributed by atoms with E-state index in [1.807, 2.05) is 0 Å². The van der Waals surface area contributed by atoms with Crippen molar-refractivity contribution in [2.45, 2.75) is 235 Å². The van der Waals surface area contributed by atoms with E-state index in [2.05, 4.69) is 113 Å². The number of rotatable bonds is 58. The highest BCUT2D eigenvalue weighted by Gasteiger charge is 2.40. The third-order valence-corrected chi connectivity index (χ3v) is 19.6. The third kappa shape index (κ3) is 37.8. The maximum atomic E-state index is 14.8. The van der Waals surface area contributed by atoms with Gasteiger partial charge in [0.15, 0.2) is 11.9 Å². The predicted octanol–water partition coefficient (Wildman–Crippen LogP) is -9.81. The van der Waals surface area contributed by atoms with Gasteiger partial charge >= 0.3 is 11.9 Å². The Morgan fingerprint density at radius 2 is 0.904 bits per heavy atom. The number of hydrogen-bond acceptors (Lipinski definition) is 26. The molecule has 0 fully saturated rings. The largest absolute Gasteiger partial charge is 0.481 e. The lowest BCUT2D eigenvalue weighted by molar-refractivity contribution is -0.143. The van der Waals surface area contributed by atoms with Crippen LogP contribution >= 0.6 is 12.6 Å². The summed E-state index contributed by atoms with van der Waals surface area (Å²) in [5, 5.41) is 95.1. The number of fused-ring (bicyclic) bond motifs is 1. The standard InChI is InChI=1S/C75H121N27O22S/c1-8-35(4)57(101-67(117)50(27-55(79)106)96-70(120)53(32-125)100-65(115)48(93-59(109)36(5)77)25-40-30-84-33-88-40)71(121)99-52(31-103)69(119)91-44(18-13-21-85-74(80)81)61(111)89-37(6)60(110)90-43(17-11-12-20-76)62(112)94-47(24-39-29-87-42-16-10-9-15-41(39)42)64(114)95-49(26-54(78)105)66(116)97-51(28-56(107)108)68(118)102-58(38(7)104)72(122)98-46(23-34(2)3)63(113)92-45(73(123)124)19-14-22-86-75(82)83/h9-10,15-16,29-30,33-38,43-53,57-58,87,103-104,125H,8,11-14,17-28,31-32,76-77H2,1-7H3,(H2,78,105)(H2,79,106)(H,84,88)(H,89,111)(H,90,110)(H,91,119)(H,92,113)(H,93,109)(H,94,112)(H,95,114)(H,96,120)(H,97,116)(H,98,122)(H,99,121)(H,100,115)(H,101,117)(H,102,118)(H,107,108)(H,123,124)(H4,80,81,85)(H4,82,83,86)/t35-,36-,37-,38+,43-,44-,45-,46-,47-,48-,49-,50-,51-,52-,53-,57-,58-/m0/s1. The van der Waals surface area contributed by atoms with E-state index >= 15 is 0 Å². The first-order valence-electron chi connectivity index (χ1n) is 40.2. The van der Waals surface area contributed by atoms with Crippen LogP contribution in [-0.2, 0) is 99.1 Å². The molecule has 0 spiro atoms. The lowest BCUT2D eigenvalue weighted by Crippen LogP contribution is -2.62. The summed E-state index contributed by atoms with van der Waals surface area (Å²) >= 11 is 4.18. The number of aliphatic hydroxyl groups excluding tert-OH is 2. The van der Waals surface area contributed by atoms with Crippen LogP contribution < -0.4 is 119 Å². The van der Waals surface area contributed by atoms with Crippen LogP contribution in [0.15, 0.2) is 43.0 Å². The van der Waals surface area contributed by atoms with Crippen LogP contribution in [0.1, 0.15) is 137 Å². The average Bonchev–Trinajstić information content (AvgIpc) is 1.64. The fourth-order valence-corrected chi connectivity index (χ4v) is 12.5. The molecule has 17 atom stereocenters. The van der Waals surface area contributed by atoms with Crippen molar-refractivity contribution in [1.82, 2.24) is 100 Å². The van der Waals surface area contributed by atoms with E-state index in [4.69, 9.17) is 45.2 Å². The molecule has 3 rings (SSSR count). The molecule has 3 aromatic rings. The van der Waals surface area contributed by atoms with Crippen LogP contribution in [0.25, 0.3) is 10.9 Å². The van der Waals surface area contributed by atoms with Crippen LogP contribution in [0.3, 0.4) is 0 Å². The number of aliphatic hydroxyl groups is 2. The number of thiol groups is 1. The number of H-pyrrole nitrogens is 2. The quantitative estimate of drug-likeness (QED) is 0.0108. The molecule has 2 heterocycles. The summed E-state index contributed by atoms with van der Waals surface area (Å²) < 4.78 is 0.